The lowest BCUT2D eigenvalue weighted by Gasteiger charge is -2.12. The highest BCUT2D eigenvalue weighted by Gasteiger charge is 2.12. The maximum atomic E-state index is 13.4. The topological polar surface area (TPSA) is 84.2 Å². The van der Waals surface area contributed by atoms with Crippen molar-refractivity contribution in [1.29, 1.82) is 0 Å². The van der Waals surface area contributed by atoms with Crippen LogP contribution in [0.15, 0.2) is 42.5 Å². The summed E-state index contributed by atoms with van der Waals surface area (Å²) >= 11 is 0. The predicted octanol–water partition coefficient (Wildman–Crippen LogP) is 2.28. The molecule has 0 aliphatic carbocycles. The summed E-state index contributed by atoms with van der Waals surface area (Å²) in [6.45, 7) is 1.64. The molecule has 0 aromatic heterocycles. The van der Waals surface area contributed by atoms with E-state index in [9.17, 15) is 14.0 Å². The summed E-state index contributed by atoms with van der Waals surface area (Å²) in [7, 11) is 0. The standard InChI is InChI=1S/C16H16FN3O2/c1-10-5-4-8-13(15(10)16(18)22)19-9-14(21)20-12-7-3-2-6-11(12)17/h2-8,19H,9H2,1H3,(H2,18,22)(H,20,21). The maximum absolute atomic E-state index is 13.4. The molecule has 0 saturated carbocycles. The Kier molecular flexibility index (Phi) is 4.73. The van der Waals surface area contributed by atoms with Crippen LogP contribution >= 0.6 is 0 Å². The number of rotatable bonds is 5. The Labute approximate surface area is 127 Å². The van der Waals surface area contributed by atoms with Gasteiger partial charge in [0.05, 0.1) is 17.8 Å². The van der Waals surface area contributed by atoms with Crippen molar-refractivity contribution in [2.45, 2.75) is 6.92 Å². The summed E-state index contributed by atoms with van der Waals surface area (Å²) in [6, 6.07) is 11.0. The summed E-state index contributed by atoms with van der Waals surface area (Å²) in [5, 5.41) is 5.29. The van der Waals surface area contributed by atoms with E-state index in [-0.39, 0.29) is 12.2 Å². The van der Waals surface area contributed by atoms with Crippen molar-refractivity contribution in [2.24, 2.45) is 5.73 Å². The lowest BCUT2D eigenvalue weighted by Crippen LogP contribution is -2.24. The number of benzene rings is 2. The Morgan fingerprint density at radius 1 is 1.09 bits per heavy atom. The van der Waals surface area contributed by atoms with Gasteiger partial charge in [0.25, 0.3) is 5.91 Å². The number of hydrogen-bond donors (Lipinski definition) is 3. The van der Waals surface area contributed by atoms with Gasteiger partial charge in [0.1, 0.15) is 5.82 Å². The Bertz CT molecular complexity index is 716. The molecular formula is C16H16FN3O2. The number of hydrogen-bond acceptors (Lipinski definition) is 3. The van der Waals surface area contributed by atoms with Crippen molar-refractivity contribution < 1.29 is 14.0 Å². The molecule has 0 atom stereocenters. The molecule has 4 N–H and O–H groups in total. The van der Waals surface area contributed by atoms with E-state index in [4.69, 9.17) is 5.73 Å². The zero-order chi connectivity index (χ0) is 16.1. The van der Waals surface area contributed by atoms with E-state index in [1.165, 1.54) is 18.2 Å². The quantitative estimate of drug-likeness (QED) is 0.792. The molecule has 2 amide bonds. The van der Waals surface area contributed by atoms with Crippen LogP contribution in [-0.4, -0.2) is 18.4 Å². The van der Waals surface area contributed by atoms with Crippen LogP contribution in [0.2, 0.25) is 0 Å². The molecule has 0 spiro atoms. The van der Waals surface area contributed by atoms with Crippen LogP contribution in [0.3, 0.4) is 0 Å². The highest BCUT2D eigenvalue weighted by molar-refractivity contribution is 6.01. The lowest BCUT2D eigenvalue weighted by molar-refractivity contribution is -0.114. The molecular weight excluding hydrogens is 285 g/mol. The highest BCUT2D eigenvalue weighted by Crippen LogP contribution is 2.19. The molecule has 5 nitrogen and oxygen atoms in total. The highest BCUT2D eigenvalue weighted by atomic mass is 19.1. The minimum absolute atomic E-state index is 0.105. The fraction of sp³-hybridized carbons (Fsp3) is 0.125. The average Bonchev–Trinajstić information content (AvgIpc) is 2.47. The van der Waals surface area contributed by atoms with Gasteiger partial charge >= 0.3 is 0 Å². The summed E-state index contributed by atoms with van der Waals surface area (Å²) in [6.07, 6.45) is 0. The third-order valence-electron chi connectivity index (χ3n) is 3.11. The van der Waals surface area contributed by atoms with Gasteiger partial charge in [-0.05, 0) is 30.7 Å². The van der Waals surface area contributed by atoms with Gasteiger partial charge in [-0.3, -0.25) is 9.59 Å². The zero-order valence-corrected chi connectivity index (χ0v) is 12.0. The number of nitrogens with two attached hydrogens (primary N) is 1. The second kappa shape index (κ2) is 6.71. The van der Waals surface area contributed by atoms with Crippen LogP contribution in [0.1, 0.15) is 15.9 Å². The molecule has 6 heteroatoms. The van der Waals surface area contributed by atoms with Crippen molar-refractivity contribution in [1.82, 2.24) is 0 Å². The van der Waals surface area contributed by atoms with Gasteiger partial charge in [0.2, 0.25) is 5.91 Å². The van der Waals surface area contributed by atoms with Gasteiger partial charge in [-0.1, -0.05) is 24.3 Å². The van der Waals surface area contributed by atoms with Gasteiger partial charge in [0, 0.05) is 5.69 Å². The Hall–Kier alpha value is -2.89. The van der Waals surface area contributed by atoms with Gasteiger partial charge < -0.3 is 16.4 Å². The third kappa shape index (κ3) is 3.60. The van der Waals surface area contributed by atoms with Crippen molar-refractivity contribution in [3.8, 4) is 0 Å². The molecule has 0 fully saturated rings. The van der Waals surface area contributed by atoms with E-state index < -0.39 is 17.6 Å². The van der Waals surface area contributed by atoms with E-state index >= 15 is 0 Å². The van der Waals surface area contributed by atoms with Gasteiger partial charge in [-0.15, -0.1) is 0 Å². The van der Waals surface area contributed by atoms with E-state index in [2.05, 4.69) is 10.6 Å². The first kappa shape index (κ1) is 15.5. The van der Waals surface area contributed by atoms with E-state index in [1.54, 1.807) is 31.2 Å². The van der Waals surface area contributed by atoms with Crippen LogP contribution in [0.4, 0.5) is 15.8 Å². The van der Waals surface area contributed by atoms with Crippen LogP contribution < -0.4 is 16.4 Å². The number of anilines is 2. The van der Waals surface area contributed by atoms with E-state index in [0.29, 0.717) is 16.8 Å². The normalized spacial score (nSPS) is 10.1. The Balaban J connectivity index is 2.05. The smallest absolute Gasteiger partial charge is 0.251 e. The molecule has 0 bridgehead atoms. The number of para-hydroxylation sites is 1. The molecule has 0 aliphatic heterocycles. The molecule has 0 unspecified atom stereocenters. The Morgan fingerprint density at radius 2 is 1.77 bits per heavy atom. The maximum Gasteiger partial charge on any atom is 0.251 e. The molecule has 0 aliphatic rings. The first-order valence-corrected chi connectivity index (χ1v) is 6.66. The summed E-state index contributed by atoms with van der Waals surface area (Å²) in [5.74, 6) is -1.51. The fourth-order valence-corrected chi connectivity index (χ4v) is 2.07. The predicted molar refractivity (Wildman–Crippen MR) is 83.2 cm³/mol. The van der Waals surface area contributed by atoms with Gasteiger partial charge in [0.15, 0.2) is 0 Å². The third-order valence-corrected chi connectivity index (χ3v) is 3.11. The zero-order valence-electron chi connectivity index (χ0n) is 12.0. The molecule has 114 valence electrons. The molecule has 0 heterocycles. The number of primary amides is 1. The molecule has 0 radical (unpaired) electrons. The number of amides is 2. The number of aryl methyl sites for hydroxylation is 1. The van der Waals surface area contributed by atoms with E-state index in [1.807, 2.05) is 0 Å². The second-order valence-electron chi connectivity index (χ2n) is 4.74. The molecule has 2 rings (SSSR count). The minimum atomic E-state index is -0.574. The second-order valence-corrected chi connectivity index (χ2v) is 4.74. The summed E-state index contributed by atoms with van der Waals surface area (Å²) in [4.78, 5) is 23.3. The molecule has 2 aromatic rings. The largest absolute Gasteiger partial charge is 0.375 e. The molecule has 22 heavy (non-hydrogen) atoms. The van der Waals surface area contributed by atoms with Crippen molar-refractivity contribution in [3.05, 3.63) is 59.4 Å². The van der Waals surface area contributed by atoms with Crippen molar-refractivity contribution >= 4 is 23.2 Å². The number of carbonyl (C=O) groups excluding carboxylic acids is 2. The van der Waals surface area contributed by atoms with Gasteiger partial charge in [-0.25, -0.2) is 4.39 Å². The van der Waals surface area contributed by atoms with Crippen molar-refractivity contribution in [2.75, 3.05) is 17.2 Å². The first-order chi connectivity index (χ1) is 10.5. The fourth-order valence-electron chi connectivity index (χ4n) is 2.07. The monoisotopic (exact) mass is 301 g/mol. The molecule has 0 saturated heterocycles. The van der Waals surface area contributed by atoms with Crippen LogP contribution in [0.25, 0.3) is 0 Å². The lowest BCUT2D eigenvalue weighted by atomic mass is 10.1. The average molecular weight is 301 g/mol. The SMILES string of the molecule is Cc1cccc(NCC(=O)Nc2ccccc2F)c1C(N)=O. The van der Waals surface area contributed by atoms with Crippen LogP contribution in [-0.2, 0) is 4.79 Å². The van der Waals surface area contributed by atoms with Crippen LogP contribution in [0.5, 0.6) is 0 Å². The first-order valence-electron chi connectivity index (χ1n) is 6.66. The Morgan fingerprint density at radius 3 is 2.45 bits per heavy atom. The summed E-state index contributed by atoms with van der Waals surface area (Å²) < 4.78 is 13.4. The number of carbonyl (C=O) groups is 2. The van der Waals surface area contributed by atoms with Crippen LogP contribution in [0, 0.1) is 12.7 Å². The molecule has 2 aromatic carbocycles. The number of halogens is 1. The van der Waals surface area contributed by atoms with Crippen molar-refractivity contribution in [3.63, 3.8) is 0 Å². The van der Waals surface area contributed by atoms with Gasteiger partial charge in [-0.2, -0.15) is 0 Å². The number of nitrogens with one attached hydrogen (secondary N) is 2. The summed E-state index contributed by atoms with van der Waals surface area (Å²) in [5.41, 5.74) is 6.96. The minimum Gasteiger partial charge on any atom is -0.375 e. The van der Waals surface area contributed by atoms with E-state index in [0.717, 1.165) is 0 Å².